The Balaban J connectivity index is 1.55. The minimum Gasteiger partial charge on any atom is -0.481 e. The van der Waals surface area contributed by atoms with Gasteiger partial charge in [-0.25, -0.2) is 0 Å². The molecule has 2 saturated heterocycles. The standard InChI is InChI=1S/C19H24N2O5/c22-16-10-15(12-21(16)11-14-4-2-1-3-5-14)17(23)20-13-19(18(24)25)6-8-26-9-7-19/h1-5,15H,6-13H2,(H,20,23)(H,24,25). The molecule has 2 amide bonds. The maximum atomic E-state index is 12.5. The molecule has 26 heavy (non-hydrogen) atoms. The van der Waals surface area contributed by atoms with E-state index in [0.29, 0.717) is 39.1 Å². The van der Waals surface area contributed by atoms with Gasteiger partial charge in [-0.05, 0) is 18.4 Å². The molecule has 0 radical (unpaired) electrons. The summed E-state index contributed by atoms with van der Waals surface area (Å²) < 4.78 is 5.24. The van der Waals surface area contributed by atoms with E-state index in [2.05, 4.69) is 5.32 Å². The number of nitrogens with zero attached hydrogens (tertiary/aromatic N) is 1. The number of aliphatic carboxylic acids is 1. The van der Waals surface area contributed by atoms with Gasteiger partial charge in [-0.15, -0.1) is 0 Å². The monoisotopic (exact) mass is 360 g/mol. The fourth-order valence-corrected chi connectivity index (χ4v) is 3.53. The Morgan fingerprint density at radius 1 is 1.23 bits per heavy atom. The molecule has 0 aromatic heterocycles. The molecule has 2 heterocycles. The van der Waals surface area contributed by atoms with Crippen LogP contribution in [0.15, 0.2) is 30.3 Å². The predicted octanol–water partition coefficient (Wildman–Crippen LogP) is 1.03. The summed E-state index contributed by atoms with van der Waals surface area (Å²) in [6, 6.07) is 9.64. The van der Waals surface area contributed by atoms with Crippen LogP contribution in [0, 0.1) is 11.3 Å². The Bertz CT molecular complexity index is 670. The van der Waals surface area contributed by atoms with Gasteiger partial charge in [0.15, 0.2) is 0 Å². The number of likely N-dealkylation sites (tertiary alicyclic amines) is 1. The average Bonchev–Trinajstić information content (AvgIpc) is 3.02. The van der Waals surface area contributed by atoms with Gasteiger partial charge in [0.1, 0.15) is 0 Å². The minimum absolute atomic E-state index is 0.0481. The summed E-state index contributed by atoms with van der Waals surface area (Å²) in [6.45, 7) is 1.69. The molecule has 0 saturated carbocycles. The van der Waals surface area contributed by atoms with E-state index < -0.39 is 17.3 Å². The Morgan fingerprint density at radius 2 is 1.92 bits per heavy atom. The van der Waals surface area contributed by atoms with E-state index >= 15 is 0 Å². The van der Waals surface area contributed by atoms with E-state index in [0.717, 1.165) is 5.56 Å². The van der Waals surface area contributed by atoms with E-state index in [1.165, 1.54) is 0 Å². The van der Waals surface area contributed by atoms with Crippen molar-refractivity contribution in [2.24, 2.45) is 11.3 Å². The van der Waals surface area contributed by atoms with E-state index in [9.17, 15) is 19.5 Å². The molecule has 1 aromatic carbocycles. The molecule has 2 aliphatic heterocycles. The third-order valence-corrected chi connectivity index (χ3v) is 5.31. The summed E-state index contributed by atoms with van der Waals surface area (Å²) >= 11 is 0. The molecule has 2 N–H and O–H groups in total. The van der Waals surface area contributed by atoms with Crippen molar-refractivity contribution >= 4 is 17.8 Å². The zero-order valence-electron chi connectivity index (χ0n) is 14.6. The van der Waals surface area contributed by atoms with E-state index in [1.807, 2.05) is 30.3 Å². The first-order valence-corrected chi connectivity index (χ1v) is 8.91. The van der Waals surface area contributed by atoms with Gasteiger partial charge >= 0.3 is 5.97 Å². The summed E-state index contributed by atoms with van der Waals surface area (Å²) in [5.41, 5.74) is 0.0502. The van der Waals surface area contributed by atoms with Crippen molar-refractivity contribution in [3.05, 3.63) is 35.9 Å². The van der Waals surface area contributed by atoms with Gasteiger partial charge in [-0.2, -0.15) is 0 Å². The van der Waals surface area contributed by atoms with Gasteiger partial charge in [0.05, 0.1) is 11.3 Å². The van der Waals surface area contributed by atoms with E-state index in [-0.39, 0.29) is 24.8 Å². The second-order valence-corrected chi connectivity index (χ2v) is 7.08. The Labute approximate surface area is 152 Å². The topological polar surface area (TPSA) is 95.9 Å². The molecule has 7 heteroatoms. The third kappa shape index (κ3) is 4.04. The fourth-order valence-electron chi connectivity index (χ4n) is 3.53. The van der Waals surface area contributed by atoms with Crippen LogP contribution in [0.2, 0.25) is 0 Å². The average molecular weight is 360 g/mol. The lowest BCUT2D eigenvalue weighted by Gasteiger charge is -2.33. The van der Waals surface area contributed by atoms with Gasteiger partial charge in [0, 0.05) is 39.3 Å². The highest BCUT2D eigenvalue weighted by Crippen LogP contribution is 2.30. The highest BCUT2D eigenvalue weighted by molar-refractivity contribution is 5.89. The second kappa shape index (κ2) is 7.86. The Morgan fingerprint density at radius 3 is 2.58 bits per heavy atom. The molecule has 2 aliphatic rings. The number of rotatable bonds is 6. The van der Waals surface area contributed by atoms with Crippen LogP contribution in [-0.4, -0.2) is 54.1 Å². The molecule has 0 bridgehead atoms. The molecule has 3 rings (SSSR count). The molecule has 0 spiro atoms. The van der Waals surface area contributed by atoms with Gasteiger partial charge in [0.25, 0.3) is 0 Å². The van der Waals surface area contributed by atoms with Crippen molar-refractivity contribution in [2.45, 2.75) is 25.8 Å². The van der Waals surface area contributed by atoms with Crippen LogP contribution in [-0.2, 0) is 25.7 Å². The third-order valence-electron chi connectivity index (χ3n) is 5.31. The van der Waals surface area contributed by atoms with Crippen molar-refractivity contribution < 1.29 is 24.2 Å². The number of carbonyl (C=O) groups excluding carboxylic acids is 2. The quantitative estimate of drug-likeness (QED) is 0.790. The summed E-state index contributed by atoms with van der Waals surface area (Å²) in [5.74, 6) is -1.64. The number of nitrogens with one attached hydrogen (secondary N) is 1. The second-order valence-electron chi connectivity index (χ2n) is 7.08. The summed E-state index contributed by atoms with van der Waals surface area (Å²) in [6.07, 6.45) is 0.931. The van der Waals surface area contributed by atoms with Crippen LogP contribution in [0.4, 0.5) is 0 Å². The molecule has 2 fully saturated rings. The molecule has 1 aromatic rings. The summed E-state index contributed by atoms with van der Waals surface area (Å²) in [7, 11) is 0. The van der Waals surface area contributed by atoms with Crippen LogP contribution < -0.4 is 5.32 Å². The van der Waals surface area contributed by atoms with Crippen molar-refractivity contribution in [1.29, 1.82) is 0 Å². The molecular weight excluding hydrogens is 336 g/mol. The highest BCUT2D eigenvalue weighted by Gasteiger charge is 2.41. The molecule has 7 nitrogen and oxygen atoms in total. The van der Waals surface area contributed by atoms with Crippen LogP contribution in [0.5, 0.6) is 0 Å². The number of ether oxygens (including phenoxy) is 1. The predicted molar refractivity (Wildman–Crippen MR) is 93.1 cm³/mol. The van der Waals surface area contributed by atoms with Crippen LogP contribution in [0.25, 0.3) is 0 Å². The molecular formula is C19H24N2O5. The van der Waals surface area contributed by atoms with Gasteiger partial charge < -0.3 is 20.1 Å². The lowest BCUT2D eigenvalue weighted by atomic mass is 9.80. The fraction of sp³-hybridized carbons (Fsp3) is 0.526. The van der Waals surface area contributed by atoms with Crippen molar-refractivity contribution in [2.75, 3.05) is 26.3 Å². The molecule has 140 valence electrons. The first-order valence-electron chi connectivity index (χ1n) is 8.91. The number of carboxylic acid groups (broad SMARTS) is 1. The van der Waals surface area contributed by atoms with Gasteiger partial charge in [0.2, 0.25) is 11.8 Å². The number of carboxylic acids is 1. The lowest BCUT2D eigenvalue weighted by molar-refractivity contribution is -0.154. The van der Waals surface area contributed by atoms with Crippen molar-refractivity contribution in [1.82, 2.24) is 10.2 Å². The van der Waals surface area contributed by atoms with Crippen molar-refractivity contribution in [3.63, 3.8) is 0 Å². The lowest BCUT2D eigenvalue weighted by Crippen LogP contribution is -2.47. The molecule has 0 aliphatic carbocycles. The van der Waals surface area contributed by atoms with Crippen LogP contribution >= 0.6 is 0 Å². The largest absolute Gasteiger partial charge is 0.481 e. The van der Waals surface area contributed by atoms with E-state index in [4.69, 9.17) is 4.74 Å². The first-order chi connectivity index (χ1) is 12.5. The van der Waals surface area contributed by atoms with Gasteiger partial charge in [-0.3, -0.25) is 14.4 Å². The number of carbonyl (C=O) groups is 3. The van der Waals surface area contributed by atoms with Gasteiger partial charge in [-0.1, -0.05) is 30.3 Å². The number of amides is 2. The van der Waals surface area contributed by atoms with Crippen molar-refractivity contribution in [3.8, 4) is 0 Å². The maximum absolute atomic E-state index is 12.5. The zero-order chi connectivity index (χ0) is 18.6. The van der Waals surface area contributed by atoms with Crippen LogP contribution in [0.3, 0.4) is 0 Å². The minimum atomic E-state index is -0.972. The summed E-state index contributed by atoms with van der Waals surface area (Å²) in [5, 5.41) is 12.3. The maximum Gasteiger partial charge on any atom is 0.311 e. The summed E-state index contributed by atoms with van der Waals surface area (Å²) in [4.78, 5) is 38.0. The molecule has 1 unspecified atom stereocenters. The number of hydrogen-bond acceptors (Lipinski definition) is 4. The highest BCUT2D eigenvalue weighted by atomic mass is 16.5. The number of benzene rings is 1. The first kappa shape index (κ1) is 18.4. The number of hydrogen-bond donors (Lipinski definition) is 2. The molecule has 1 atom stereocenters. The Kier molecular flexibility index (Phi) is 5.56. The SMILES string of the molecule is O=C(NCC1(C(=O)O)CCOCC1)C1CC(=O)N(Cc2ccccc2)C1. The zero-order valence-corrected chi connectivity index (χ0v) is 14.6. The normalized spacial score (nSPS) is 22.2. The van der Waals surface area contributed by atoms with E-state index in [1.54, 1.807) is 4.90 Å². The smallest absolute Gasteiger partial charge is 0.311 e. The van der Waals surface area contributed by atoms with Crippen LogP contribution in [0.1, 0.15) is 24.8 Å². The Hall–Kier alpha value is -2.41.